The van der Waals surface area contributed by atoms with Crippen LogP contribution in [0.1, 0.15) is 75.6 Å². The number of rotatable bonds is 20. The molecule has 1 fully saturated rings. The molecule has 1 aromatic heterocycles. The second kappa shape index (κ2) is 30.7. The molecule has 5 rings (SSSR count). The van der Waals surface area contributed by atoms with E-state index in [-0.39, 0.29) is 37.2 Å². The third-order valence-corrected chi connectivity index (χ3v) is 15.3. The average molecular weight is 1090 g/mol. The van der Waals surface area contributed by atoms with E-state index in [0.29, 0.717) is 42.9 Å². The molecule has 3 aromatic carbocycles. The fraction of sp³-hybridized carbons (Fsp3) is 0.500. The van der Waals surface area contributed by atoms with Crippen LogP contribution in [0.5, 0.6) is 0 Å². The Balaban J connectivity index is 1.59. The molecule has 2 heterocycles. The number of aromatic nitrogens is 1. The number of amides is 7. The monoisotopic (exact) mass is 1090 g/mol. The summed E-state index contributed by atoms with van der Waals surface area (Å²) in [5.74, 6) is -5.55. The van der Waals surface area contributed by atoms with Crippen molar-refractivity contribution in [3.05, 3.63) is 107 Å². The Kier molecular flexibility index (Phi) is 24.5. The molecule has 0 aliphatic carbocycles. The summed E-state index contributed by atoms with van der Waals surface area (Å²) >= 11 is 0. The lowest BCUT2D eigenvalue weighted by Crippen LogP contribution is -2.62. The lowest BCUT2D eigenvalue weighted by molar-refractivity contribution is -0.136. The highest BCUT2D eigenvalue weighted by Gasteiger charge is 2.36. The number of benzene rings is 3. The maximum absolute atomic E-state index is 14.9. The van der Waals surface area contributed by atoms with Crippen molar-refractivity contribution in [3.8, 4) is 0 Å². The van der Waals surface area contributed by atoms with Gasteiger partial charge in [-0.1, -0.05) is 121 Å². The molecule has 10 atom stereocenters. The van der Waals surface area contributed by atoms with Crippen molar-refractivity contribution in [1.82, 2.24) is 42.2 Å². The van der Waals surface area contributed by atoms with Gasteiger partial charge < -0.3 is 69.0 Å². The van der Waals surface area contributed by atoms with Crippen molar-refractivity contribution in [2.45, 2.75) is 140 Å². The summed E-state index contributed by atoms with van der Waals surface area (Å²) in [6.07, 6.45) is 1.55. The fourth-order valence-electron chi connectivity index (χ4n) is 8.60. The molecular weight excluding hydrogens is 1010 g/mol. The second-order valence-electron chi connectivity index (χ2n) is 19.8. The van der Waals surface area contributed by atoms with Gasteiger partial charge in [-0.15, -0.1) is 0 Å². The standard InChI is InChI=1S/C54H76N10O10S2/c1-31(2)22-36-19-20-38-37(27-57-41(38)25-36)26-43-51(71)58-40(18-12-7-13-21-55)49(69)64-47(33(4)67)54(74)63-46(53(73)61-44(28-65)32(3)66)30-76-75-29-45(62-48(68)39(56)23-34-14-8-5-9-15-34)52(72)59-42(50(70)60-43)24-35-16-10-6-11-17-35/h5-6,8-11,14-17,19-20,25,27,31-33,39-40,42-47,57,65-67H,7,12-13,18,21-24,26,28-30,55-56H2,1-4H3,(H,58,71)(H,59,72)(H,60,70)(H,61,73)(H,62,68)(H,63,74)(H,64,69)/t32-,33-,39-,40+,42+,43-,44-,45+,46+,47+/m1/s1. The normalized spacial score (nSPS) is 22.2. The van der Waals surface area contributed by atoms with E-state index in [1.165, 1.54) is 13.8 Å². The van der Waals surface area contributed by atoms with E-state index in [2.05, 4.69) is 56.0 Å². The molecule has 1 saturated heterocycles. The summed E-state index contributed by atoms with van der Waals surface area (Å²) in [7, 11) is 2.07. The largest absolute Gasteiger partial charge is 0.394 e. The number of fused-ring (bicyclic) bond motifs is 1. The quantitative estimate of drug-likeness (QED) is 0.0430. The first kappa shape index (κ1) is 60.9. The number of aromatic amines is 1. The average Bonchev–Trinajstić information content (AvgIpc) is 3.79. The SMILES string of the molecule is CC(C)Cc1ccc2c(C[C@H]3NC(=O)[C@H](Cc4ccccc4)NC(=O)[C@@H](NC(=O)[C@H](N)Cc4ccccc4)CSSC[C@@H](C(=O)N[C@H](CO)[C@@H](C)O)NC(=O)[C@H]([C@@H](C)O)NC(=O)[C@H](CCCCCN)NC3=O)c[nH]c2c1. The van der Waals surface area contributed by atoms with Crippen molar-refractivity contribution >= 4 is 73.8 Å². The molecule has 22 heteroatoms. The third kappa shape index (κ3) is 18.9. The minimum absolute atomic E-state index is 0.0424. The van der Waals surface area contributed by atoms with Crippen LogP contribution in [0.4, 0.5) is 0 Å². The number of hydrogen-bond acceptors (Lipinski definition) is 14. The number of unbranched alkanes of at least 4 members (excludes halogenated alkanes) is 2. The highest BCUT2D eigenvalue weighted by molar-refractivity contribution is 8.76. The van der Waals surface area contributed by atoms with Crippen molar-refractivity contribution in [1.29, 1.82) is 0 Å². The Hall–Kier alpha value is -6.01. The Morgan fingerprint density at radius 2 is 1.32 bits per heavy atom. The van der Waals surface area contributed by atoms with Crippen LogP contribution in [0.25, 0.3) is 10.9 Å². The maximum atomic E-state index is 14.9. The molecule has 7 amide bonds. The molecule has 20 nitrogen and oxygen atoms in total. The van der Waals surface area contributed by atoms with Gasteiger partial charge in [0, 0.05) is 41.4 Å². The summed E-state index contributed by atoms with van der Waals surface area (Å²) in [5.41, 5.74) is 16.2. The van der Waals surface area contributed by atoms with Gasteiger partial charge in [-0.2, -0.15) is 0 Å². The van der Waals surface area contributed by atoms with Crippen LogP contribution in [0, 0.1) is 5.92 Å². The molecule has 0 unspecified atom stereocenters. The van der Waals surface area contributed by atoms with E-state index in [9.17, 15) is 48.9 Å². The van der Waals surface area contributed by atoms with Gasteiger partial charge in [0.25, 0.3) is 0 Å². The molecule has 414 valence electrons. The van der Waals surface area contributed by atoms with Crippen molar-refractivity contribution in [2.75, 3.05) is 24.7 Å². The predicted molar refractivity (Wildman–Crippen MR) is 295 cm³/mol. The van der Waals surface area contributed by atoms with E-state index in [4.69, 9.17) is 11.5 Å². The highest BCUT2D eigenvalue weighted by atomic mass is 33.1. The van der Waals surface area contributed by atoms with Gasteiger partial charge in [0.05, 0.1) is 30.9 Å². The zero-order valence-corrected chi connectivity index (χ0v) is 45.2. The van der Waals surface area contributed by atoms with E-state index in [1.807, 2.05) is 36.4 Å². The molecule has 0 radical (unpaired) electrons. The van der Waals surface area contributed by atoms with Crippen molar-refractivity contribution in [2.24, 2.45) is 17.4 Å². The van der Waals surface area contributed by atoms with Crippen LogP contribution >= 0.6 is 21.6 Å². The molecular formula is C54H76N10O10S2. The van der Waals surface area contributed by atoms with Crippen LogP contribution in [0.2, 0.25) is 0 Å². The van der Waals surface area contributed by atoms with Gasteiger partial charge in [0.1, 0.15) is 36.3 Å². The summed E-state index contributed by atoms with van der Waals surface area (Å²) in [5, 5.41) is 51.0. The lowest BCUT2D eigenvalue weighted by Gasteiger charge is -2.29. The minimum Gasteiger partial charge on any atom is -0.394 e. The van der Waals surface area contributed by atoms with Gasteiger partial charge in [-0.3, -0.25) is 33.6 Å². The molecule has 4 aromatic rings. The minimum atomic E-state index is -1.66. The van der Waals surface area contributed by atoms with E-state index in [1.54, 1.807) is 48.7 Å². The van der Waals surface area contributed by atoms with Gasteiger partial charge in [0.2, 0.25) is 41.4 Å². The van der Waals surface area contributed by atoms with Gasteiger partial charge in [-0.25, -0.2) is 0 Å². The number of nitrogens with one attached hydrogen (secondary N) is 8. The zero-order valence-electron chi connectivity index (χ0n) is 43.6. The molecule has 76 heavy (non-hydrogen) atoms. The summed E-state index contributed by atoms with van der Waals surface area (Å²) in [6.45, 7) is 6.59. The van der Waals surface area contributed by atoms with Crippen LogP contribution in [0.15, 0.2) is 85.1 Å². The predicted octanol–water partition coefficient (Wildman–Crippen LogP) is 0.783. The number of carbonyl (C=O) groups is 7. The molecule has 0 spiro atoms. The first-order valence-corrected chi connectivity index (χ1v) is 28.3. The highest BCUT2D eigenvalue weighted by Crippen LogP contribution is 2.25. The fourth-order valence-corrected chi connectivity index (χ4v) is 10.9. The van der Waals surface area contributed by atoms with Gasteiger partial charge >= 0.3 is 0 Å². The van der Waals surface area contributed by atoms with E-state index < -0.39 is 108 Å². The first-order valence-electron chi connectivity index (χ1n) is 25.8. The van der Waals surface area contributed by atoms with Crippen LogP contribution in [-0.2, 0) is 59.2 Å². The van der Waals surface area contributed by atoms with Crippen LogP contribution < -0.4 is 48.7 Å². The van der Waals surface area contributed by atoms with Crippen LogP contribution in [-0.4, -0.2) is 147 Å². The number of carbonyl (C=O) groups excluding carboxylic acids is 7. The lowest BCUT2D eigenvalue weighted by atomic mass is 9.98. The molecule has 1 aliphatic heterocycles. The number of nitrogens with two attached hydrogens (primary N) is 2. The van der Waals surface area contributed by atoms with Crippen LogP contribution in [0.3, 0.4) is 0 Å². The third-order valence-electron chi connectivity index (χ3n) is 12.9. The van der Waals surface area contributed by atoms with Crippen molar-refractivity contribution in [3.63, 3.8) is 0 Å². The maximum Gasteiger partial charge on any atom is 0.245 e. The second-order valence-corrected chi connectivity index (χ2v) is 22.3. The molecule has 0 saturated carbocycles. The number of aliphatic hydroxyl groups excluding tert-OH is 3. The first-order chi connectivity index (χ1) is 36.4. The molecule has 0 bridgehead atoms. The van der Waals surface area contributed by atoms with Crippen molar-refractivity contribution < 1.29 is 48.9 Å². The smallest absolute Gasteiger partial charge is 0.245 e. The van der Waals surface area contributed by atoms with Gasteiger partial charge in [-0.05, 0) is 80.3 Å². The Morgan fingerprint density at radius 1 is 0.697 bits per heavy atom. The van der Waals surface area contributed by atoms with Gasteiger partial charge in [0.15, 0.2) is 0 Å². The number of hydrogen-bond donors (Lipinski definition) is 13. The molecule has 1 aliphatic rings. The van der Waals surface area contributed by atoms with E-state index >= 15 is 0 Å². The molecule has 15 N–H and O–H groups in total. The topological polar surface area (TPSA) is 332 Å². The van der Waals surface area contributed by atoms with E-state index in [0.717, 1.165) is 50.0 Å². The number of H-pyrrole nitrogens is 1. The Morgan fingerprint density at radius 3 is 1.95 bits per heavy atom. The summed E-state index contributed by atoms with van der Waals surface area (Å²) in [4.78, 5) is 104. The summed E-state index contributed by atoms with van der Waals surface area (Å²) in [6, 6.07) is 13.3. The zero-order chi connectivity index (χ0) is 55.3. The Bertz CT molecular complexity index is 2540. The number of aliphatic hydroxyl groups is 3. The Labute approximate surface area is 452 Å². The summed E-state index contributed by atoms with van der Waals surface area (Å²) < 4.78 is 0.